The number of nitrogens with two attached hydrogens (primary N) is 1. The van der Waals surface area contributed by atoms with E-state index in [1.165, 1.54) is 7.11 Å². The molecule has 0 amide bonds. The number of carbonyl (C=O) groups excluding carboxylic acids is 1. The van der Waals surface area contributed by atoms with Crippen LogP contribution < -0.4 is 10.6 Å². The summed E-state index contributed by atoms with van der Waals surface area (Å²) in [5, 5.41) is 0. The molecule has 0 saturated heterocycles. The first kappa shape index (κ1) is 15.7. The van der Waals surface area contributed by atoms with E-state index in [1.807, 2.05) is 44.4 Å². The number of anilines is 2. The van der Waals surface area contributed by atoms with Gasteiger partial charge in [0.25, 0.3) is 0 Å². The Labute approximate surface area is 138 Å². The van der Waals surface area contributed by atoms with Crippen molar-refractivity contribution < 1.29 is 9.53 Å². The number of hydrogen-bond acceptors (Lipinski definition) is 7. The van der Waals surface area contributed by atoms with E-state index in [0.717, 1.165) is 5.56 Å². The zero-order chi connectivity index (χ0) is 17.3. The maximum Gasteiger partial charge on any atom is 0.374 e. The van der Waals surface area contributed by atoms with Crippen LogP contribution in [0.4, 0.5) is 11.8 Å². The molecule has 0 bridgehead atoms. The summed E-state index contributed by atoms with van der Waals surface area (Å²) in [4.78, 5) is 26.9. The second-order valence-electron chi connectivity index (χ2n) is 5.47. The lowest BCUT2D eigenvalue weighted by atomic mass is 10.2. The fourth-order valence-corrected chi connectivity index (χ4v) is 2.37. The monoisotopic (exact) mass is 326 g/mol. The van der Waals surface area contributed by atoms with Gasteiger partial charge in [0.1, 0.15) is 0 Å². The van der Waals surface area contributed by atoms with E-state index >= 15 is 0 Å². The molecule has 0 aliphatic carbocycles. The average Bonchev–Trinajstić information content (AvgIpc) is 2.94. The van der Waals surface area contributed by atoms with Crippen molar-refractivity contribution >= 4 is 28.9 Å². The fourth-order valence-electron chi connectivity index (χ4n) is 2.37. The van der Waals surface area contributed by atoms with Gasteiger partial charge in [0.15, 0.2) is 17.0 Å². The highest BCUT2D eigenvalue weighted by Crippen LogP contribution is 2.23. The fraction of sp³-hybridized carbons (Fsp3) is 0.250. The SMILES string of the molecule is COC(=O)c1nc2c(N)nc(N(C)C)nc2n1Cc1ccccc1. The van der Waals surface area contributed by atoms with Crippen molar-refractivity contribution in [1.82, 2.24) is 19.5 Å². The number of nitrogen functional groups attached to an aromatic ring is 1. The highest BCUT2D eigenvalue weighted by molar-refractivity contribution is 5.93. The number of methoxy groups -OCH3 is 1. The van der Waals surface area contributed by atoms with Crippen LogP contribution in [0, 0.1) is 0 Å². The van der Waals surface area contributed by atoms with Crippen molar-refractivity contribution in [3.8, 4) is 0 Å². The number of ether oxygens (including phenoxy) is 1. The lowest BCUT2D eigenvalue weighted by Crippen LogP contribution is -2.15. The zero-order valence-electron chi connectivity index (χ0n) is 13.7. The number of esters is 1. The van der Waals surface area contributed by atoms with E-state index < -0.39 is 5.97 Å². The summed E-state index contributed by atoms with van der Waals surface area (Å²) in [6.45, 7) is 0.422. The summed E-state index contributed by atoms with van der Waals surface area (Å²) in [6.07, 6.45) is 0. The molecule has 0 saturated carbocycles. The minimum absolute atomic E-state index is 0.147. The zero-order valence-corrected chi connectivity index (χ0v) is 13.7. The Kier molecular flexibility index (Phi) is 4.03. The van der Waals surface area contributed by atoms with Crippen molar-refractivity contribution in [3.05, 3.63) is 41.7 Å². The van der Waals surface area contributed by atoms with Gasteiger partial charge in [0, 0.05) is 14.1 Å². The van der Waals surface area contributed by atoms with Crippen molar-refractivity contribution in [3.63, 3.8) is 0 Å². The molecule has 8 nitrogen and oxygen atoms in total. The van der Waals surface area contributed by atoms with Gasteiger partial charge < -0.3 is 15.4 Å². The largest absolute Gasteiger partial charge is 0.463 e. The predicted octanol–water partition coefficient (Wildman–Crippen LogP) is 1.31. The molecule has 0 spiro atoms. The van der Waals surface area contributed by atoms with Crippen LogP contribution >= 0.6 is 0 Å². The molecule has 3 rings (SSSR count). The average molecular weight is 326 g/mol. The van der Waals surface area contributed by atoms with Crippen LogP contribution in [0.1, 0.15) is 16.2 Å². The second-order valence-corrected chi connectivity index (χ2v) is 5.47. The summed E-state index contributed by atoms with van der Waals surface area (Å²) >= 11 is 0. The highest BCUT2D eigenvalue weighted by atomic mass is 16.5. The smallest absolute Gasteiger partial charge is 0.374 e. The van der Waals surface area contributed by atoms with E-state index in [9.17, 15) is 4.79 Å². The Balaban J connectivity index is 2.23. The van der Waals surface area contributed by atoms with Crippen molar-refractivity contribution in [2.45, 2.75) is 6.54 Å². The minimum Gasteiger partial charge on any atom is -0.463 e. The molecule has 8 heteroatoms. The third-order valence-corrected chi connectivity index (χ3v) is 3.56. The Bertz CT molecular complexity index is 888. The summed E-state index contributed by atoms with van der Waals surface area (Å²) in [5.41, 5.74) is 7.89. The van der Waals surface area contributed by atoms with E-state index in [2.05, 4.69) is 15.0 Å². The summed E-state index contributed by atoms with van der Waals surface area (Å²) < 4.78 is 6.54. The Hall–Kier alpha value is -3.16. The Morgan fingerprint density at radius 3 is 2.54 bits per heavy atom. The van der Waals surface area contributed by atoms with E-state index in [0.29, 0.717) is 23.7 Å². The van der Waals surface area contributed by atoms with E-state index in [-0.39, 0.29) is 11.6 Å². The summed E-state index contributed by atoms with van der Waals surface area (Å²) in [5.74, 6) is 0.272. The lowest BCUT2D eigenvalue weighted by Gasteiger charge is -2.12. The third-order valence-electron chi connectivity index (χ3n) is 3.56. The number of carbonyl (C=O) groups is 1. The van der Waals surface area contributed by atoms with Crippen LogP contribution in [-0.4, -0.2) is 46.7 Å². The first-order valence-corrected chi connectivity index (χ1v) is 7.34. The molecule has 0 atom stereocenters. The van der Waals surface area contributed by atoms with Gasteiger partial charge in [-0.3, -0.25) is 4.57 Å². The topological polar surface area (TPSA) is 99.2 Å². The van der Waals surface area contributed by atoms with Crippen molar-refractivity contribution in [2.75, 3.05) is 31.8 Å². The number of aromatic nitrogens is 4. The van der Waals surface area contributed by atoms with E-state index in [1.54, 1.807) is 9.47 Å². The normalized spacial score (nSPS) is 10.8. The maximum atomic E-state index is 12.1. The molecule has 0 aliphatic heterocycles. The van der Waals surface area contributed by atoms with Crippen LogP contribution in [0.25, 0.3) is 11.2 Å². The number of nitrogens with zero attached hydrogens (tertiary/aromatic N) is 5. The second kappa shape index (κ2) is 6.15. The molecule has 2 aromatic heterocycles. The molecule has 0 fully saturated rings. The quantitative estimate of drug-likeness (QED) is 0.722. The molecule has 2 N–H and O–H groups in total. The number of benzene rings is 1. The van der Waals surface area contributed by atoms with Gasteiger partial charge in [-0.25, -0.2) is 9.78 Å². The molecule has 0 aliphatic rings. The standard InChI is InChI=1S/C16H18N6O2/c1-21(2)16-19-12(17)11-13(20-16)22(14(18-11)15(23)24-3)9-10-7-5-4-6-8-10/h4-8H,9H2,1-3H3,(H2,17,19,20). The number of rotatable bonds is 4. The molecule has 0 radical (unpaired) electrons. The summed E-state index contributed by atoms with van der Waals surface area (Å²) in [6, 6.07) is 9.72. The molecule has 3 aromatic rings. The van der Waals surface area contributed by atoms with Crippen molar-refractivity contribution in [2.24, 2.45) is 0 Å². The van der Waals surface area contributed by atoms with Gasteiger partial charge in [0.05, 0.1) is 13.7 Å². The van der Waals surface area contributed by atoms with Gasteiger partial charge in [0.2, 0.25) is 11.8 Å². The van der Waals surface area contributed by atoms with Crippen LogP contribution in [-0.2, 0) is 11.3 Å². The molecular formula is C16H18N6O2. The Morgan fingerprint density at radius 1 is 1.21 bits per heavy atom. The summed E-state index contributed by atoms with van der Waals surface area (Å²) in [7, 11) is 4.95. The molecule has 24 heavy (non-hydrogen) atoms. The van der Waals surface area contributed by atoms with E-state index in [4.69, 9.17) is 10.5 Å². The molecule has 2 heterocycles. The molecule has 124 valence electrons. The van der Waals surface area contributed by atoms with Gasteiger partial charge in [-0.1, -0.05) is 30.3 Å². The molecule has 1 aromatic carbocycles. The van der Waals surface area contributed by atoms with Gasteiger partial charge in [-0.05, 0) is 5.56 Å². The number of hydrogen-bond donors (Lipinski definition) is 1. The number of fused-ring (bicyclic) bond motifs is 1. The number of imidazole rings is 1. The predicted molar refractivity (Wildman–Crippen MR) is 90.9 cm³/mol. The first-order chi connectivity index (χ1) is 11.5. The van der Waals surface area contributed by atoms with Crippen LogP contribution in [0.5, 0.6) is 0 Å². The van der Waals surface area contributed by atoms with Crippen LogP contribution in [0.2, 0.25) is 0 Å². The maximum absolute atomic E-state index is 12.1. The van der Waals surface area contributed by atoms with Gasteiger partial charge >= 0.3 is 5.97 Å². The minimum atomic E-state index is -0.547. The molecule has 0 unspecified atom stereocenters. The Morgan fingerprint density at radius 2 is 1.92 bits per heavy atom. The first-order valence-electron chi connectivity index (χ1n) is 7.34. The highest BCUT2D eigenvalue weighted by Gasteiger charge is 2.22. The van der Waals surface area contributed by atoms with Gasteiger partial charge in [-0.2, -0.15) is 9.97 Å². The van der Waals surface area contributed by atoms with Crippen molar-refractivity contribution in [1.29, 1.82) is 0 Å². The molecular weight excluding hydrogens is 308 g/mol. The van der Waals surface area contributed by atoms with Crippen LogP contribution in [0.15, 0.2) is 30.3 Å². The third kappa shape index (κ3) is 2.73. The van der Waals surface area contributed by atoms with Crippen LogP contribution in [0.3, 0.4) is 0 Å². The van der Waals surface area contributed by atoms with Gasteiger partial charge in [-0.15, -0.1) is 0 Å². The lowest BCUT2D eigenvalue weighted by molar-refractivity contribution is 0.0582.